The third kappa shape index (κ3) is 3.16. The summed E-state index contributed by atoms with van der Waals surface area (Å²) >= 11 is 1.25. The van der Waals surface area contributed by atoms with Gasteiger partial charge in [0.15, 0.2) is 0 Å². The number of nitro benzene ring substituents is 1. The third-order valence-corrected chi connectivity index (χ3v) is 2.86. The van der Waals surface area contributed by atoms with Crippen molar-refractivity contribution in [3.63, 3.8) is 0 Å². The van der Waals surface area contributed by atoms with E-state index in [9.17, 15) is 15.2 Å². The molecule has 9 heteroatoms. The summed E-state index contributed by atoms with van der Waals surface area (Å²) in [6, 6.07) is 3.70. The van der Waals surface area contributed by atoms with E-state index in [0.717, 1.165) is 0 Å². The summed E-state index contributed by atoms with van der Waals surface area (Å²) in [6.07, 6.45) is 1.23. The molecule has 1 aromatic carbocycles. The zero-order valence-electron chi connectivity index (χ0n) is 9.48. The highest BCUT2D eigenvalue weighted by Crippen LogP contribution is 2.22. The van der Waals surface area contributed by atoms with Crippen LogP contribution in [-0.4, -0.2) is 21.2 Å². The van der Waals surface area contributed by atoms with Gasteiger partial charge in [-0.1, -0.05) is 0 Å². The molecule has 0 spiro atoms. The van der Waals surface area contributed by atoms with Crippen LogP contribution in [0.4, 0.5) is 16.6 Å². The number of rotatable bonds is 4. The number of hydrogen-bond acceptors (Lipinski definition) is 8. The summed E-state index contributed by atoms with van der Waals surface area (Å²) in [5, 5.41) is 26.0. The van der Waals surface area contributed by atoms with E-state index in [0.29, 0.717) is 10.9 Å². The lowest BCUT2D eigenvalue weighted by atomic mass is 10.2. The second-order valence-corrected chi connectivity index (χ2v) is 4.31. The molecule has 8 nitrogen and oxygen atoms in total. The van der Waals surface area contributed by atoms with Crippen molar-refractivity contribution in [1.82, 2.24) is 4.98 Å². The molecule has 0 fully saturated rings. The van der Waals surface area contributed by atoms with Gasteiger partial charge in [-0.25, -0.2) is 4.98 Å². The Labute approximate surface area is 111 Å². The van der Waals surface area contributed by atoms with Crippen LogP contribution < -0.4 is 11.2 Å². The SMILES string of the molecule is Nc1csc(NN=Cc2cc(O)ccc2[N+](=O)[O-])n1. The lowest BCUT2D eigenvalue weighted by Gasteiger charge is -1.98. The number of nitrogens with one attached hydrogen (secondary N) is 1. The average Bonchev–Trinajstić information content (AvgIpc) is 2.75. The predicted octanol–water partition coefficient (Wildman–Crippen LogP) is 1.79. The van der Waals surface area contributed by atoms with Crippen LogP contribution in [0.25, 0.3) is 0 Å². The molecular formula is C10H9N5O3S. The fraction of sp³-hybridized carbons (Fsp3) is 0. The Morgan fingerprint density at radius 3 is 3.00 bits per heavy atom. The molecular weight excluding hydrogens is 270 g/mol. The van der Waals surface area contributed by atoms with Gasteiger partial charge in [0.2, 0.25) is 5.13 Å². The van der Waals surface area contributed by atoms with Crippen LogP contribution in [0, 0.1) is 10.1 Å². The number of nitrogens with two attached hydrogens (primary N) is 1. The zero-order chi connectivity index (χ0) is 13.8. The molecule has 0 saturated heterocycles. The summed E-state index contributed by atoms with van der Waals surface area (Å²) in [4.78, 5) is 14.1. The number of phenolic OH excluding ortho intramolecular Hbond substituents is 1. The molecule has 1 heterocycles. The quantitative estimate of drug-likeness (QED) is 0.445. The number of hydrogen-bond donors (Lipinski definition) is 3. The number of anilines is 2. The first-order valence-corrected chi connectivity index (χ1v) is 5.91. The highest BCUT2D eigenvalue weighted by molar-refractivity contribution is 7.14. The van der Waals surface area contributed by atoms with Gasteiger partial charge in [0.1, 0.15) is 11.6 Å². The van der Waals surface area contributed by atoms with Crippen molar-refractivity contribution in [2.75, 3.05) is 11.2 Å². The number of phenols is 1. The number of aromatic nitrogens is 1. The molecule has 19 heavy (non-hydrogen) atoms. The topological polar surface area (TPSA) is 127 Å². The molecule has 1 aromatic heterocycles. The van der Waals surface area contributed by atoms with E-state index in [1.165, 1.54) is 35.8 Å². The van der Waals surface area contributed by atoms with Crippen LogP contribution >= 0.6 is 11.3 Å². The fourth-order valence-electron chi connectivity index (χ4n) is 1.31. The average molecular weight is 279 g/mol. The Morgan fingerprint density at radius 2 is 2.37 bits per heavy atom. The van der Waals surface area contributed by atoms with Gasteiger partial charge < -0.3 is 10.8 Å². The maximum Gasteiger partial charge on any atom is 0.278 e. The second-order valence-electron chi connectivity index (χ2n) is 3.45. The smallest absolute Gasteiger partial charge is 0.278 e. The van der Waals surface area contributed by atoms with Gasteiger partial charge in [0.05, 0.1) is 16.7 Å². The molecule has 4 N–H and O–H groups in total. The Balaban J connectivity index is 2.18. The molecule has 0 amide bonds. The molecule has 0 radical (unpaired) electrons. The number of benzene rings is 1. The van der Waals surface area contributed by atoms with Gasteiger partial charge in [-0.3, -0.25) is 15.5 Å². The van der Waals surface area contributed by atoms with Crippen molar-refractivity contribution in [3.8, 4) is 5.75 Å². The van der Waals surface area contributed by atoms with Crippen molar-refractivity contribution in [2.24, 2.45) is 5.10 Å². The maximum absolute atomic E-state index is 10.8. The first-order chi connectivity index (χ1) is 9.06. The summed E-state index contributed by atoms with van der Waals surface area (Å²) in [5.41, 5.74) is 8.05. The van der Waals surface area contributed by atoms with Crippen molar-refractivity contribution in [1.29, 1.82) is 0 Å². The molecule has 0 atom stereocenters. The Hall–Kier alpha value is -2.68. The van der Waals surface area contributed by atoms with Crippen molar-refractivity contribution in [3.05, 3.63) is 39.3 Å². The van der Waals surface area contributed by atoms with Crippen molar-refractivity contribution in [2.45, 2.75) is 0 Å². The maximum atomic E-state index is 10.8. The molecule has 0 saturated carbocycles. The first-order valence-electron chi connectivity index (χ1n) is 5.04. The number of aromatic hydroxyl groups is 1. The summed E-state index contributed by atoms with van der Waals surface area (Å²) in [7, 11) is 0. The Morgan fingerprint density at radius 1 is 1.58 bits per heavy atom. The van der Waals surface area contributed by atoms with Gasteiger partial charge in [-0.2, -0.15) is 5.10 Å². The molecule has 0 aliphatic heterocycles. The number of thiazole rings is 1. The van der Waals surface area contributed by atoms with Crippen LogP contribution in [0.5, 0.6) is 5.75 Å². The largest absolute Gasteiger partial charge is 0.508 e. The van der Waals surface area contributed by atoms with E-state index >= 15 is 0 Å². The number of nitro groups is 1. The summed E-state index contributed by atoms with van der Waals surface area (Å²) in [6.45, 7) is 0. The fourth-order valence-corrected chi connectivity index (χ4v) is 1.85. The van der Waals surface area contributed by atoms with Crippen LogP contribution in [0.15, 0.2) is 28.7 Å². The number of nitrogen functional groups attached to an aromatic ring is 1. The minimum atomic E-state index is -0.553. The van der Waals surface area contributed by atoms with E-state index in [2.05, 4.69) is 15.5 Å². The van der Waals surface area contributed by atoms with Gasteiger partial charge in [0, 0.05) is 11.4 Å². The van der Waals surface area contributed by atoms with Crippen molar-refractivity contribution < 1.29 is 10.0 Å². The zero-order valence-corrected chi connectivity index (χ0v) is 10.3. The first kappa shape index (κ1) is 12.8. The van der Waals surface area contributed by atoms with Crippen LogP contribution in [0.1, 0.15) is 5.56 Å². The van der Waals surface area contributed by atoms with E-state index in [1.54, 1.807) is 5.38 Å². The van der Waals surface area contributed by atoms with E-state index in [-0.39, 0.29) is 17.0 Å². The molecule has 2 aromatic rings. The molecule has 2 rings (SSSR count). The Bertz CT molecular complexity index is 640. The summed E-state index contributed by atoms with van der Waals surface area (Å²) in [5.74, 6) is 0.288. The van der Waals surface area contributed by atoms with E-state index < -0.39 is 4.92 Å². The van der Waals surface area contributed by atoms with Crippen LogP contribution in [0.3, 0.4) is 0 Å². The molecule has 0 bridgehead atoms. The number of hydrazone groups is 1. The minimum absolute atomic E-state index is 0.0782. The number of nitrogens with zero attached hydrogens (tertiary/aromatic N) is 3. The van der Waals surface area contributed by atoms with Crippen LogP contribution in [-0.2, 0) is 0 Å². The minimum Gasteiger partial charge on any atom is -0.508 e. The van der Waals surface area contributed by atoms with Gasteiger partial charge in [-0.15, -0.1) is 11.3 Å². The predicted molar refractivity (Wildman–Crippen MR) is 72.5 cm³/mol. The van der Waals surface area contributed by atoms with Crippen molar-refractivity contribution >= 4 is 34.2 Å². The Kier molecular flexibility index (Phi) is 3.57. The standard InChI is InChI=1S/C10H9N5O3S/c11-9-5-19-10(13-9)14-12-4-6-3-7(16)1-2-8(6)15(17)18/h1-5,16H,11H2,(H,13,14). The molecule has 0 aliphatic rings. The lowest BCUT2D eigenvalue weighted by Crippen LogP contribution is -1.96. The third-order valence-electron chi connectivity index (χ3n) is 2.09. The molecule has 0 unspecified atom stereocenters. The van der Waals surface area contributed by atoms with Gasteiger partial charge >= 0.3 is 0 Å². The van der Waals surface area contributed by atoms with Crippen LogP contribution in [0.2, 0.25) is 0 Å². The van der Waals surface area contributed by atoms with Gasteiger partial charge in [-0.05, 0) is 12.1 Å². The van der Waals surface area contributed by atoms with E-state index in [4.69, 9.17) is 5.73 Å². The molecule has 98 valence electrons. The monoisotopic (exact) mass is 279 g/mol. The highest BCUT2D eigenvalue weighted by atomic mass is 32.1. The highest BCUT2D eigenvalue weighted by Gasteiger charge is 2.12. The molecule has 0 aliphatic carbocycles. The van der Waals surface area contributed by atoms with Gasteiger partial charge in [0.25, 0.3) is 5.69 Å². The van der Waals surface area contributed by atoms with E-state index in [1.807, 2.05) is 0 Å². The summed E-state index contributed by atoms with van der Waals surface area (Å²) < 4.78 is 0. The normalized spacial score (nSPS) is 10.7. The lowest BCUT2D eigenvalue weighted by molar-refractivity contribution is -0.385. The second kappa shape index (κ2) is 5.31.